The van der Waals surface area contributed by atoms with Crippen LogP contribution in [0.4, 0.5) is 0 Å². The van der Waals surface area contributed by atoms with E-state index in [-0.39, 0.29) is 58.9 Å². The molecule has 0 aromatic heterocycles. The molecule has 0 aromatic carbocycles. The topological polar surface area (TPSA) is 121 Å². The van der Waals surface area contributed by atoms with Crippen LogP contribution in [0.3, 0.4) is 0 Å². The first-order valence-corrected chi connectivity index (χ1v) is 13.5. The average molecular weight is 469 g/mol. The lowest BCUT2D eigenvalue weighted by Crippen LogP contribution is -2.65. The summed E-state index contributed by atoms with van der Waals surface area (Å²) in [4.78, 5) is 0. The third-order valence-electron chi connectivity index (χ3n) is 11.2. The molecule has 0 radical (unpaired) electrons. The van der Waals surface area contributed by atoms with Crippen LogP contribution in [0.25, 0.3) is 0 Å². The maximum atomic E-state index is 11.4. The molecule has 4 rings (SSSR count). The molecule has 6 nitrogen and oxygen atoms in total. The molecule has 0 aromatic rings. The molecular weight excluding hydrogens is 420 g/mol. The Morgan fingerprint density at radius 2 is 1.45 bits per heavy atom. The predicted molar refractivity (Wildman–Crippen MR) is 126 cm³/mol. The average Bonchev–Trinajstić information content (AvgIpc) is 2.98. The second kappa shape index (κ2) is 9.33. The van der Waals surface area contributed by atoms with Gasteiger partial charge in [-0.3, -0.25) is 0 Å². The highest BCUT2D eigenvalue weighted by Gasteiger charge is 2.69. The van der Waals surface area contributed by atoms with E-state index >= 15 is 0 Å². The Bertz CT molecular complexity index is 688. The van der Waals surface area contributed by atoms with Gasteiger partial charge in [0.15, 0.2) is 0 Å². The lowest BCUT2D eigenvalue weighted by atomic mass is 9.43. The van der Waals surface area contributed by atoms with Crippen LogP contribution in [0.5, 0.6) is 0 Å². The first-order chi connectivity index (χ1) is 15.5. The summed E-state index contributed by atoms with van der Waals surface area (Å²) < 4.78 is 0. The fourth-order valence-electron chi connectivity index (χ4n) is 9.40. The summed E-state index contributed by atoms with van der Waals surface area (Å²) in [6.45, 7) is 8.84. The standard InChI is InChI=1S/C27H48O6/c1-14(13-28)6-5-7-15(2)20-24(32)25(33)21-19-17(9-11-27(20,21)4)26(3)10-8-16(29)12-18(26)22(30)23(19)31/h14-25,28-33H,5-13H2,1-4H3/t14-,15+,16-,17-,18+,19+,20-,21+,22-,23-,24+,25+,26+,27+/m0/s1. The van der Waals surface area contributed by atoms with Gasteiger partial charge in [-0.15, -0.1) is 0 Å². The lowest BCUT2D eigenvalue weighted by Gasteiger charge is -2.63. The summed E-state index contributed by atoms with van der Waals surface area (Å²) in [7, 11) is 0. The van der Waals surface area contributed by atoms with E-state index in [1.165, 1.54) is 0 Å². The van der Waals surface area contributed by atoms with Gasteiger partial charge in [-0.1, -0.05) is 40.5 Å². The van der Waals surface area contributed by atoms with Crippen molar-refractivity contribution in [2.24, 2.45) is 52.3 Å². The summed E-state index contributed by atoms with van der Waals surface area (Å²) in [5.74, 6) is 0.00526. The molecule has 0 spiro atoms. The summed E-state index contributed by atoms with van der Waals surface area (Å²) in [6.07, 6.45) is 2.78. The van der Waals surface area contributed by atoms with Crippen molar-refractivity contribution >= 4 is 0 Å². The molecule has 6 N–H and O–H groups in total. The molecule has 0 saturated heterocycles. The van der Waals surface area contributed by atoms with Crippen LogP contribution >= 0.6 is 0 Å². The maximum Gasteiger partial charge on any atom is 0.0839 e. The molecule has 0 bridgehead atoms. The summed E-state index contributed by atoms with van der Waals surface area (Å²) in [5, 5.41) is 64.8. The maximum absolute atomic E-state index is 11.4. The largest absolute Gasteiger partial charge is 0.396 e. The van der Waals surface area contributed by atoms with Crippen LogP contribution in [-0.4, -0.2) is 67.8 Å². The van der Waals surface area contributed by atoms with E-state index < -0.39 is 30.5 Å². The Labute approximate surface area is 199 Å². The van der Waals surface area contributed by atoms with Crippen molar-refractivity contribution in [3.8, 4) is 0 Å². The van der Waals surface area contributed by atoms with Crippen molar-refractivity contribution < 1.29 is 30.6 Å². The van der Waals surface area contributed by atoms with Crippen LogP contribution in [0, 0.1) is 52.3 Å². The van der Waals surface area contributed by atoms with Gasteiger partial charge in [0.05, 0.1) is 30.5 Å². The van der Waals surface area contributed by atoms with Crippen LogP contribution in [-0.2, 0) is 0 Å². The predicted octanol–water partition coefficient (Wildman–Crippen LogP) is 2.32. The molecular formula is C27H48O6. The number of rotatable bonds is 6. The molecule has 33 heavy (non-hydrogen) atoms. The van der Waals surface area contributed by atoms with Crippen LogP contribution in [0.1, 0.15) is 79.1 Å². The SMILES string of the molecule is C[C@H](CO)CCC[C@@H](C)[C@H]1[C@@H](O)[C@H](O)[C@H]2[C@@H]3[C@H](O)[C@@H](O)[C@H]4C[C@@H](O)CC[C@]4(C)[C@H]3CC[C@]12C. The normalized spacial score (nSPS) is 53.6. The molecule has 0 amide bonds. The Morgan fingerprint density at radius 3 is 2.12 bits per heavy atom. The molecule has 4 saturated carbocycles. The van der Waals surface area contributed by atoms with Crippen molar-refractivity contribution in [1.29, 1.82) is 0 Å². The number of aliphatic hydroxyl groups is 6. The molecule has 192 valence electrons. The Kier molecular flexibility index (Phi) is 7.30. The van der Waals surface area contributed by atoms with Gasteiger partial charge in [-0.2, -0.15) is 0 Å². The molecule has 14 atom stereocenters. The second-order valence-corrected chi connectivity index (χ2v) is 13.0. The summed E-state index contributed by atoms with van der Waals surface area (Å²) >= 11 is 0. The van der Waals surface area contributed by atoms with Gasteiger partial charge in [-0.05, 0) is 90.8 Å². The van der Waals surface area contributed by atoms with Crippen molar-refractivity contribution in [2.75, 3.05) is 6.61 Å². The highest BCUT2D eigenvalue weighted by atomic mass is 16.3. The minimum Gasteiger partial charge on any atom is -0.396 e. The van der Waals surface area contributed by atoms with Gasteiger partial charge < -0.3 is 30.6 Å². The minimum absolute atomic E-state index is 0.0501. The van der Waals surface area contributed by atoms with Crippen LogP contribution < -0.4 is 0 Å². The smallest absolute Gasteiger partial charge is 0.0839 e. The van der Waals surface area contributed by atoms with E-state index in [2.05, 4.69) is 20.8 Å². The quantitative estimate of drug-likeness (QED) is 0.356. The van der Waals surface area contributed by atoms with Gasteiger partial charge in [-0.25, -0.2) is 0 Å². The molecule has 0 unspecified atom stereocenters. The van der Waals surface area contributed by atoms with E-state index in [0.717, 1.165) is 44.9 Å². The fraction of sp³-hybridized carbons (Fsp3) is 1.00. The van der Waals surface area contributed by atoms with Crippen molar-refractivity contribution in [1.82, 2.24) is 0 Å². The molecule has 0 aliphatic heterocycles. The Balaban J connectivity index is 1.60. The van der Waals surface area contributed by atoms with Gasteiger partial charge in [0, 0.05) is 6.61 Å². The molecule has 6 heteroatoms. The molecule has 0 heterocycles. The van der Waals surface area contributed by atoms with E-state index in [1.54, 1.807) is 0 Å². The molecule has 4 fully saturated rings. The minimum atomic E-state index is -0.940. The van der Waals surface area contributed by atoms with E-state index in [0.29, 0.717) is 6.42 Å². The van der Waals surface area contributed by atoms with Gasteiger partial charge in [0.1, 0.15) is 0 Å². The number of fused-ring (bicyclic) bond motifs is 5. The van der Waals surface area contributed by atoms with Crippen molar-refractivity contribution in [3.63, 3.8) is 0 Å². The van der Waals surface area contributed by atoms with Gasteiger partial charge in [0.2, 0.25) is 0 Å². The van der Waals surface area contributed by atoms with Crippen LogP contribution in [0.2, 0.25) is 0 Å². The van der Waals surface area contributed by atoms with Gasteiger partial charge in [0.25, 0.3) is 0 Å². The zero-order valence-corrected chi connectivity index (χ0v) is 21.0. The van der Waals surface area contributed by atoms with Crippen LogP contribution in [0.15, 0.2) is 0 Å². The van der Waals surface area contributed by atoms with Crippen molar-refractivity contribution in [2.45, 2.75) is 110 Å². The first-order valence-electron chi connectivity index (χ1n) is 13.5. The number of aliphatic hydroxyl groups excluding tert-OH is 6. The number of hydrogen-bond donors (Lipinski definition) is 6. The highest BCUT2D eigenvalue weighted by Crippen LogP contribution is 2.68. The molecule has 4 aliphatic carbocycles. The summed E-state index contributed by atoms with van der Waals surface area (Å²) in [5.41, 5.74) is -0.460. The summed E-state index contributed by atoms with van der Waals surface area (Å²) in [6, 6.07) is 0. The Morgan fingerprint density at radius 1 is 0.788 bits per heavy atom. The first kappa shape index (κ1) is 25.8. The highest BCUT2D eigenvalue weighted by molar-refractivity contribution is 5.17. The fourth-order valence-corrected chi connectivity index (χ4v) is 9.40. The second-order valence-electron chi connectivity index (χ2n) is 13.0. The molecule has 4 aliphatic rings. The zero-order valence-electron chi connectivity index (χ0n) is 21.0. The zero-order chi connectivity index (χ0) is 24.3. The Hall–Kier alpha value is -0.240. The van der Waals surface area contributed by atoms with Gasteiger partial charge >= 0.3 is 0 Å². The third-order valence-corrected chi connectivity index (χ3v) is 11.2. The number of hydrogen-bond acceptors (Lipinski definition) is 6. The van der Waals surface area contributed by atoms with E-state index in [4.69, 9.17) is 0 Å². The monoisotopic (exact) mass is 468 g/mol. The van der Waals surface area contributed by atoms with E-state index in [9.17, 15) is 30.6 Å². The van der Waals surface area contributed by atoms with Crippen molar-refractivity contribution in [3.05, 3.63) is 0 Å². The lowest BCUT2D eigenvalue weighted by molar-refractivity contribution is -0.230. The van der Waals surface area contributed by atoms with E-state index in [1.807, 2.05) is 6.92 Å². The third kappa shape index (κ3) is 4.01.